The molecule has 0 radical (unpaired) electrons. The van der Waals surface area contributed by atoms with Crippen molar-refractivity contribution in [3.63, 3.8) is 0 Å². The molecule has 0 bridgehead atoms. The zero-order valence-electron chi connectivity index (χ0n) is 19.0. The third kappa shape index (κ3) is 4.82. The number of carbonyl (C=O) groups is 2. The molecule has 1 saturated heterocycles. The molecule has 1 fully saturated rings. The summed E-state index contributed by atoms with van der Waals surface area (Å²) in [5.41, 5.74) is 0.722. The molecule has 1 aliphatic rings. The van der Waals surface area contributed by atoms with Crippen LogP contribution in [0.3, 0.4) is 0 Å². The van der Waals surface area contributed by atoms with Crippen molar-refractivity contribution in [3.05, 3.63) is 100 Å². The number of hydrogen-bond acceptors (Lipinski definition) is 3. The standard InChI is InChI=1S/C28H24F2N2O2S/c29-21-10-11-26(25(30)17-21)32(18-22-7-4-16-35-22)27(33)20-12-14-31(15-13-20)28(34)24-9-3-6-19-5-1-2-8-23(19)24/h1-11,16-17,20H,12-15,18H2. The molecular weight excluding hydrogens is 466 g/mol. The molecule has 1 aromatic heterocycles. The largest absolute Gasteiger partial charge is 0.339 e. The van der Waals surface area contributed by atoms with E-state index in [1.165, 1.54) is 28.4 Å². The van der Waals surface area contributed by atoms with Gasteiger partial charge in [0.2, 0.25) is 5.91 Å². The fraction of sp³-hybridized carbons (Fsp3) is 0.214. The highest BCUT2D eigenvalue weighted by atomic mass is 32.1. The van der Waals surface area contributed by atoms with Crippen LogP contribution < -0.4 is 4.90 Å². The fourth-order valence-electron chi connectivity index (χ4n) is 4.67. The van der Waals surface area contributed by atoms with Gasteiger partial charge < -0.3 is 9.80 Å². The van der Waals surface area contributed by atoms with Gasteiger partial charge in [-0.25, -0.2) is 8.78 Å². The lowest BCUT2D eigenvalue weighted by Gasteiger charge is -2.34. The van der Waals surface area contributed by atoms with Gasteiger partial charge in [0.15, 0.2) is 0 Å². The van der Waals surface area contributed by atoms with Gasteiger partial charge in [0.05, 0.1) is 12.2 Å². The number of carbonyl (C=O) groups excluding carboxylic acids is 2. The van der Waals surface area contributed by atoms with Gasteiger partial charge in [0.25, 0.3) is 5.91 Å². The van der Waals surface area contributed by atoms with E-state index < -0.39 is 11.6 Å². The van der Waals surface area contributed by atoms with E-state index in [4.69, 9.17) is 0 Å². The highest BCUT2D eigenvalue weighted by molar-refractivity contribution is 7.09. The van der Waals surface area contributed by atoms with Crippen LogP contribution in [0.2, 0.25) is 0 Å². The fourth-order valence-corrected chi connectivity index (χ4v) is 5.37. The van der Waals surface area contributed by atoms with Crippen LogP contribution in [0.5, 0.6) is 0 Å². The maximum atomic E-state index is 14.7. The predicted molar refractivity (Wildman–Crippen MR) is 134 cm³/mol. The number of fused-ring (bicyclic) bond motifs is 1. The summed E-state index contributed by atoms with van der Waals surface area (Å²) < 4.78 is 28.2. The number of amides is 2. The summed E-state index contributed by atoms with van der Waals surface area (Å²) in [5, 5.41) is 3.82. The highest BCUT2D eigenvalue weighted by Gasteiger charge is 2.32. The van der Waals surface area contributed by atoms with Crippen LogP contribution in [-0.2, 0) is 11.3 Å². The summed E-state index contributed by atoms with van der Waals surface area (Å²) in [4.78, 5) is 30.9. The Morgan fingerprint density at radius 3 is 2.46 bits per heavy atom. The average molecular weight is 491 g/mol. The minimum atomic E-state index is -0.765. The molecular formula is C28H24F2N2O2S. The van der Waals surface area contributed by atoms with Crippen molar-refractivity contribution in [3.8, 4) is 0 Å². The molecule has 4 aromatic rings. The Kier molecular flexibility index (Phi) is 6.59. The van der Waals surface area contributed by atoms with Gasteiger partial charge in [-0.15, -0.1) is 11.3 Å². The molecule has 0 spiro atoms. The van der Waals surface area contributed by atoms with Gasteiger partial charge in [0, 0.05) is 35.5 Å². The molecule has 178 valence electrons. The first-order chi connectivity index (χ1) is 17.0. The molecule has 3 aromatic carbocycles. The number of likely N-dealkylation sites (tertiary alicyclic amines) is 1. The Balaban J connectivity index is 1.33. The second-order valence-corrected chi connectivity index (χ2v) is 9.72. The van der Waals surface area contributed by atoms with Crippen LogP contribution in [0.15, 0.2) is 78.2 Å². The van der Waals surface area contributed by atoms with Crippen molar-refractivity contribution in [2.45, 2.75) is 19.4 Å². The third-order valence-electron chi connectivity index (χ3n) is 6.51. The Labute approximate surface area is 206 Å². The summed E-state index contributed by atoms with van der Waals surface area (Å²) in [6.07, 6.45) is 0.970. The number of piperidine rings is 1. The maximum absolute atomic E-state index is 14.7. The Hall–Kier alpha value is -3.58. The van der Waals surface area contributed by atoms with Gasteiger partial charge in [-0.3, -0.25) is 9.59 Å². The Bertz CT molecular complexity index is 1360. The Morgan fingerprint density at radius 1 is 0.943 bits per heavy atom. The number of anilines is 1. The van der Waals surface area contributed by atoms with Crippen molar-refractivity contribution in [1.82, 2.24) is 4.90 Å². The monoisotopic (exact) mass is 490 g/mol. The molecule has 0 aliphatic carbocycles. The van der Waals surface area contributed by atoms with E-state index in [1.54, 1.807) is 4.90 Å². The number of thiophene rings is 1. The molecule has 2 amide bonds. The van der Waals surface area contributed by atoms with Crippen LogP contribution in [0, 0.1) is 17.6 Å². The number of halogens is 2. The van der Waals surface area contributed by atoms with Gasteiger partial charge in [-0.2, -0.15) is 0 Å². The van der Waals surface area contributed by atoms with Crippen LogP contribution in [0.25, 0.3) is 10.8 Å². The van der Waals surface area contributed by atoms with Gasteiger partial charge in [-0.1, -0.05) is 42.5 Å². The zero-order valence-corrected chi connectivity index (χ0v) is 19.8. The average Bonchev–Trinajstić information content (AvgIpc) is 3.40. The summed E-state index contributed by atoms with van der Waals surface area (Å²) >= 11 is 1.48. The molecule has 1 aliphatic heterocycles. The van der Waals surface area contributed by atoms with Gasteiger partial charge in [-0.05, 0) is 53.3 Å². The Morgan fingerprint density at radius 2 is 1.71 bits per heavy atom. The molecule has 7 heteroatoms. The first kappa shape index (κ1) is 23.2. The molecule has 0 N–H and O–H groups in total. The van der Waals surface area contributed by atoms with Crippen LogP contribution in [-0.4, -0.2) is 29.8 Å². The van der Waals surface area contributed by atoms with Crippen molar-refractivity contribution in [1.29, 1.82) is 0 Å². The summed E-state index contributed by atoms with van der Waals surface area (Å²) in [6, 6.07) is 20.5. The highest BCUT2D eigenvalue weighted by Crippen LogP contribution is 2.29. The molecule has 35 heavy (non-hydrogen) atoms. The summed E-state index contributed by atoms with van der Waals surface area (Å²) in [7, 11) is 0. The smallest absolute Gasteiger partial charge is 0.254 e. The van der Waals surface area contributed by atoms with Crippen molar-refractivity contribution >= 4 is 39.6 Å². The quantitative estimate of drug-likeness (QED) is 0.331. The van der Waals surface area contributed by atoms with Crippen molar-refractivity contribution in [2.75, 3.05) is 18.0 Å². The number of benzene rings is 3. The van der Waals surface area contributed by atoms with Crippen molar-refractivity contribution in [2.24, 2.45) is 5.92 Å². The number of hydrogen-bond donors (Lipinski definition) is 0. The minimum absolute atomic E-state index is 0.0484. The minimum Gasteiger partial charge on any atom is -0.339 e. The molecule has 0 unspecified atom stereocenters. The van der Waals surface area contributed by atoms with Crippen molar-refractivity contribution < 1.29 is 18.4 Å². The molecule has 0 atom stereocenters. The van der Waals surface area contributed by atoms with E-state index in [0.29, 0.717) is 31.5 Å². The predicted octanol–water partition coefficient (Wildman–Crippen LogP) is 6.27. The molecule has 4 nitrogen and oxygen atoms in total. The van der Waals surface area contributed by atoms with Crippen LogP contribution in [0.1, 0.15) is 28.1 Å². The van der Waals surface area contributed by atoms with Gasteiger partial charge >= 0.3 is 0 Å². The second-order valence-electron chi connectivity index (χ2n) is 8.69. The van der Waals surface area contributed by atoms with E-state index in [9.17, 15) is 18.4 Å². The maximum Gasteiger partial charge on any atom is 0.254 e. The van der Waals surface area contributed by atoms with Gasteiger partial charge in [0.1, 0.15) is 11.6 Å². The molecule has 5 rings (SSSR count). The number of nitrogens with zero attached hydrogens (tertiary/aromatic N) is 2. The summed E-state index contributed by atoms with van der Waals surface area (Å²) in [5.74, 6) is -2.06. The normalized spacial score (nSPS) is 14.3. The summed E-state index contributed by atoms with van der Waals surface area (Å²) in [6.45, 7) is 1.10. The SMILES string of the molecule is O=C(c1cccc2ccccc12)N1CCC(C(=O)N(Cc2cccs2)c2ccc(F)cc2F)CC1. The topological polar surface area (TPSA) is 40.6 Å². The lowest BCUT2D eigenvalue weighted by Crippen LogP contribution is -2.44. The third-order valence-corrected chi connectivity index (χ3v) is 7.37. The van der Waals surface area contributed by atoms with Crippen LogP contribution >= 0.6 is 11.3 Å². The van der Waals surface area contributed by atoms with E-state index >= 15 is 0 Å². The molecule has 2 heterocycles. The first-order valence-corrected chi connectivity index (χ1v) is 12.4. The number of rotatable bonds is 5. The van der Waals surface area contributed by atoms with Crippen LogP contribution in [0.4, 0.5) is 14.5 Å². The lowest BCUT2D eigenvalue weighted by atomic mass is 9.94. The zero-order chi connectivity index (χ0) is 24.4. The molecule has 0 saturated carbocycles. The van der Waals surface area contributed by atoms with E-state index in [-0.39, 0.29) is 30.0 Å². The second kappa shape index (κ2) is 9.96. The lowest BCUT2D eigenvalue weighted by molar-refractivity contribution is -0.123. The van der Waals surface area contributed by atoms with E-state index in [2.05, 4.69) is 0 Å². The van der Waals surface area contributed by atoms with E-state index in [1.807, 2.05) is 60.0 Å². The first-order valence-electron chi connectivity index (χ1n) is 11.6. The van der Waals surface area contributed by atoms with E-state index in [0.717, 1.165) is 21.7 Å².